The molecular weight excluding hydrogens is 400 g/mol. The Bertz CT molecular complexity index is 585. The Labute approximate surface area is 153 Å². The van der Waals surface area contributed by atoms with Crippen LogP contribution in [0.15, 0.2) is 0 Å². The van der Waals surface area contributed by atoms with Crippen molar-refractivity contribution in [1.82, 2.24) is 0 Å². The molecule has 0 aliphatic carbocycles. The van der Waals surface area contributed by atoms with Crippen LogP contribution in [0, 0.1) is 0 Å². The fourth-order valence-corrected chi connectivity index (χ4v) is 3.00. The lowest BCUT2D eigenvalue weighted by molar-refractivity contribution is -0.361. The first kappa shape index (κ1) is 22.8. The molecular formula is C12H22O14S. The summed E-state index contributed by atoms with van der Waals surface area (Å²) in [7, 11) is -4.89. The second-order valence-corrected chi connectivity index (χ2v) is 7.15. The summed E-state index contributed by atoms with van der Waals surface area (Å²) in [6.07, 6.45) is -17.4. The van der Waals surface area contributed by atoms with Crippen molar-refractivity contribution in [2.24, 2.45) is 0 Å². The minimum Gasteiger partial charge on any atom is -0.394 e. The highest BCUT2D eigenvalue weighted by Crippen LogP contribution is 2.28. The Morgan fingerprint density at radius 2 is 1.41 bits per heavy atom. The van der Waals surface area contributed by atoms with E-state index < -0.39 is 85.0 Å². The van der Waals surface area contributed by atoms with Gasteiger partial charge in [0.25, 0.3) is 0 Å². The fraction of sp³-hybridized carbons (Fsp3) is 1.00. The second kappa shape index (κ2) is 8.87. The van der Waals surface area contributed by atoms with E-state index in [4.69, 9.17) is 23.9 Å². The van der Waals surface area contributed by atoms with Crippen LogP contribution in [0.5, 0.6) is 0 Å². The van der Waals surface area contributed by atoms with Crippen LogP contribution in [-0.4, -0.2) is 123 Å². The molecule has 2 aliphatic rings. The van der Waals surface area contributed by atoms with Crippen molar-refractivity contribution >= 4 is 10.4 Å². The van der Waals surface area contributed by atoms with Gasteiger partial charge in [-0.1, -0.05) is 0 Å². The van der Waals surface area contributed by atoms with E-state index in [1.807, 2.05) is 0 Å². The van der Waals surface area contributed by atoms with Crippen LogP contribution < -0.4 is 0 Å². The average Bonchev–Trinajstić information content (AvgIpc) is 2.59. The zero-order valence-corrected chi connectivity index (χ0v) is 14.4. The molecule has 160 valence electrons. The molecule has 2 rings (SSSR count). The molecule has 15 heteroatoms. The molecule has 0 saturated carbocycles. The number of aliphatic hydroxyl groups excluding tert-OH is 7. The van der Waals surface area contributed by atoms with Gasteiger partial charge in [-0.05, 0) is 0 Å². The minimum absolute atomic E-state index is 0.718. The first-order chi connectivity index (χ1) is 12.5. The molecule has 0 amide bonds. The predicted octanol–water partition coefficient (Wildman–Crippen LogP) is -5.57. The van der Waals surface area contributed by atoms with E-state index in [1.54, 1.807) is 0 Å². The summed E-state index contributed by atoms with van der Waals surface area (Å²) in [6, 6.07) is 0. The Morgan fingerprint density at radius 3 is 1.96 bits per heavy atom. The predicted molar refractivity (Wildman–Crippen MR) is 79.0 cm³/mol. The fourth-order valence-electron chi connectivity index (χ4n) is 2.69. The normalized spacial score (nSPS) is 46.4. The molecule has 14 nitrogen and oxygen atoms in total. The maximum Gasteiger partial charge on any atom is 0.397 e. The van der Waals surface area contributed by atoms with Crippen molar-refractivity contribution in [3.05, 3.63) is 0 Å². The molecule has 2 heterocycles. The van der Waals surface area contributed by atoms with Crippen molar-refractivity contribution in [2.45, 2.75) is 61.4 Å². The molecule has 0 aromatic heterocycles. The molecule has 0 bridgehead atoms. The van der Waals surface area contributed by atoms with E-state index >= 15 is 0 Å². The van der Waals surface area contributed by atoms with Gasteiger partial charge >= 0.3 is 10.4 Å². The molecule has 2 fully saturated rings. The molecule has 0 unspecified atom stereocenters. The molecule has 8 N–H and O–H groups in total. The van der Waals surface area contributed by atoms with Crippen LogP contribution in [0.3, 0.4) is 0 Å². The third kappa shape index (κ3) is 5.30. The van der Waals surface area contributed by atoms with Gasteiger partial charge in [-0.2, -0.15) is 8.42 Å². The van der Waals surface area contributed by atoms with Crippen LogP contribution in [0.1, 0.15) is 0 Å². The maximum absolute atomic E-state index is 10.6. The SMILES string of the molecule is O=S(=O)(O)OC[C@H]1O[C@H](O[C@@H]2[C@@H](O)[C@H](O)[C@@H](CO)O[C@@H]2O)[C@@H](O)[C@@H](O)[C@@H]1O. The topological polar surface area (TPSA) is 233 Å². The summed E-state index contributed by atoms with van der Waals surface area (Å²) in [4.78, 5) is 0. The first-order valence-corrected chi connectivity index (χ1v) is 9.10. The third-order valence-electron chi connectivity index (χ3n) is 4.18. The maximum atomic E-state index is 10.6. The molecule has 2 aliphatic heterocycles. The van der Waals surface area contributed by atoms with Crippen LogP contribution in [0.25, 0.3) is 0 Å². The van der Waals surface area contributed by atoms with Crippen molar-refractivity contribution in [3.8, 4) is 0 Å². The van der Waals surface area contributed by atoms with Crippen molar-refractivity contribution in [1.29, 1.82) is 0 Å². The summed E-state index contributed by atoms with van der Waals surface area (Å²) in [5.41, 5.74) is 0. The number of aliphatic hydroxyl groups is 7. The summed E-state index contributed by atoms with van der Waals surface area (Å²) in [5, 5.41) is 68.3. The summed E-state index contributed by atoms with van der Waals surface area (Å²) in [6.45, 7) is -1.67. The smallest absolute Gasteiger partial charge is 0.394 e. The summed E-state index contributed by atoms with van der Waals surface area (Å²) in [5.74, 6) is 0. The molecule has 2 saturated heterocycles. The van der Waals surface area contributed by atoms with Crippen molar-refractivity contribution < 1.29 is 67.1 Å². The Hall–Kier alpha value is -0.530. The lowest BCUT2D eigenvalue weighted by Gasteiger charge is -2.45. The largest absolute Gasteiger partial charge is 0.397 e. The van der Waals surface area contributed by atoms with Gasteiger partial charge in [0.15, 0.2) is 12.6 Å². The average molecular weight is 422 g/mol. The lowest BCUT2D eigenvalue weighted by Crippen LogP contribution is -2.64. The van der Waals surface area contributed by atoms with Crippen LogP contribution in [-0.2, 0) is 28.8 Å². The minimum atomic E-state index is -4.89. The Morgan fingerprint density at radius 1 is 0.815 bits per heavy atom. The highest BCUT2D eigenvalue weighted by Gasteiger charge is 2.50. The van der Waals surface area contributed by atoms with Gasteiger partial charge in [-0.3, -0.25) is 4.55 Å². The van der Waals surface area contributed by atoms with Crippen molar-refractivity contribution in [2.75, 3.05) is 13.2 Å². The van der Waals surface area contributed by atoms with Gasteiger partial charge in [-0.15, -0.1) is 0 Å². The third-order valence-corrected chi connectivity index (χ3v) is 4.62. The summed E-state index contributed by atoms with van der Waals surface area (Å²) < 4.78 is 48.9. The second-order valence-electron chi connectivity index (χ2n) is 6.06. The van der Waals surface area contributed by atoms with Gasteiger partial charge in [0.05, 0.1) is 13.2 Å². The lowest BCUT2D eigenvalue weighted by atomic mass is 9.97. The van der Waals surface area contributed by atoms with Crippen LogP contribution in [0.2, 0.25) is 0 Å². The van der Waals surface area contributed by atoms with E-state index in [0.29, 0.717) is 0 Å². The van der Waals surface area contributed by atoms with E-state index in [9.17, 15) is 39.1 Å². The van der Waals surface area contributed by atoms with Gasteiger partial charge in [0, 0.05) is 0 Å². The van der Waals surface area contributed by atoms with Crippen molar-refractivity contribution in [3.63, 3.8) is 0 Å². The van der Waals surface area contributed by atoms with E-state index in [0.717, 1.165) is 0 Å². The number of hydrogen-bond acceptors (Lipinski definition) is 13. The quantitative estimate of drug-likeness (QED) is 0.186. The van der Waals surface area contributed by atoms with E-state index in [-0.39, 0.29) is 0 Å². The number of rotatable bonds is 6. The number of hydrogen-bond donors (Lipinski definition) is 8. The van der Waals surface area contributed by atoms with Gasteiger partial charge in [0.2, 0.25) is 0 Å². The van der Waals surface area contributed by atoms with Crippen LogP contribution >= 0.6 is 0 Å². The highest BCUT2D eigenvalue weighted by atomic mass is 32.3. The monoisotopic (exact) mass is 422 g/mol. The molecule has 0 radical (unpaired) electrons. The van der Waals surface area contributed by atoms with Gasteiger partial charge in [-0.25, -0.2) is 4.18 Å². The Kier molecular flexibility index (Phi) is 7.47. The highest BCUT2D eigenvalue weighted by molar-refractivity contribution is 7.80. The summed E-state index contributed by atoms with van der Waals surface area (Å²) >= 11 is 0. The molecule has 0 aromatic carbocycles. The van der Waals surface area contributed by atoms with E-state index in [1.165, 1.54) is 0 Å². The molecule has 10 atom stereocenters. The first-order valence-electron chi connectivity index (χ1n) is 7.73. The zero-order chi connectivity index (χ0) is 20.5. The van der Waals surface area contributed by atoms with Gasteiger partial charge < -0.3 is 50.0 Å². The molecule has 0 spiro atoms. The van der Waals surface area contributed by atoms with Gasteiger partial charge in [0.1, 0.15) is 48.8 Å². The molecule has 27 heavy (non-hydrogen) atoms. The zero-order valence-electron chi connectivity index (χ0n) is 13.6. The standard InChI is InChI=1S/C12H22O14S/c13-1-3-5(14)8(17)10(11(19)24-3)26-12-9(18)7(16)6(15)4(25-12)2-23-27(20,21)22/h3-19H,1-2H2,(H,20,21,22)/t3-,4-,5-,6-,7+,8+,9+,10-,11+,12-/m1/s1. The number of ether oxygens (including phenoxy) is 3. The van der Waals surface area contributed by atoms with E-state index in [2.05, 4.69) is 4.18 Å². The Balaban J connectivity index is 2.09. The van der Waals surface area contributed by atoms with Crippen LogP contribution in [0.4, 0.5) is 0 Å². The molecule has 0 aromatic rings.